The van der Waals surface area contributed by atoms with E-state index in [1.165, 1.54) is 0 Å². The maximum atomic E-state index is 12.3. The molecule has 0 aliphatic carbocycles. The van der Waals surface area contributed by atoms with Crippen LogP contribution in [0.5, 0.6) is 23.0 Å². The Morgan fingerprint density at radius 3 is 2.17 bits per heavy atom. The topological polar surface area (TPSA) is 66.0 Å². The predicted octanol–water partition coefficient (Wildman–Crippen LogP) is 1.78. The van der Waals surface area contributed by atoms with Gasteiger partial charge >= 0.3 is 0 Å². The molecule has 0 fully saturated rings. The van der Waals surface area contributed by atoms with Crippen LogP contribution in [0.1, 0.15) is 0 Å². The van der Waals surface area contributed by atoms with E-state index in [4.69, 9.17) is 18.9 Å². The number of carbonyl (C=O) groups excluding carboxylic acids is 1. The molecule has 0 spiro atoms. The van der Waals surface area contributed by atoms with Gasteiger partial charge in [0.25, 0.3) is 5.91 Å². The second-order valence-corrected chi connectivity index (χ2v) is 5.61. The van der Waals surface area contributed by atoms with Crippen LogP contribution in [0.2, 0.25) is 0 Å². The van der Waals surface area contributed by atoms with Gasteiger partial charge in [-0.2, -0.15) is 0 Å². The van der Waals surface area contributed by atoms with E-state index < -0.39 is 6.10 Å². The Labute approximate surface area is 139 Å². The molecule has 124 valence electrons. The number of benzene rings is 2. The summed E-state index contributed by atoms with van der Waals surface area (Å²) in [6.07, 6.45) is -0.905. The number of ether oxygens (including phenoxy) is 4. The standard InChI is InChI=1S/C18H17NO5/c20-18(17-11-22-14-6-2-4-8-16(14)24-17)19-9-12-10-21-13-5-1-3-7-15(13)23-12/h1-8,12,17H,9-11H2,(H,19,20)/t12-,17+/m1/s1. The lowest BCUT2D eigenvalue weighted by molar-refractivity contribution is -0.130. The fourth-order valence-corrected chi connectivity index (χ4v) is 2.64. The zero-order chi connectivity index (χ0) is 16.4. The van der Waals surface area contributed by atoms with Crippen molar-refractivity contribution < 1.29 is 23.7 Å². The molecule has 2 heterocycles. The first kappa shape index (κ1) is 14.7. The summed E-state index contributed by atoms with van der Waals surface area (Å²) < 4.78 is 22.7. The zero-order valence-corrected chi connectivity index (χ0v) is 12.9. The fourth-order valence-electron chi connectivity index (χ4n) is 2.64. The SMILES string of the molecule is O=C(NC[C@@H]1COc2ccccc2O1)[C@@H]1COc2ccccc2O1. The van der Waals surface area contributed by atoms with Crippen molar-refractivity contribution >= 4 is 5.91 Å². The van der Waals surface area contributed by atoms with Crippen molar-refractivity contribution in [2.75, 3.05) is 19.8 Å². The van der Waals surface area contributed by atoms with Crippen LogP contribution in [0.25, 0.3) is 0 Å². The van der Waals surface area contributed by atoms with E-state index in [9.17, 15) is 4.79 Å². The lowest BCUT2D eigenvalue weighted by Gasteiger charge is -2.28. The highest BCUT2D eigenvalue weighted by Crippen LogP contribution is 2.31. The first-order chi connectivity index (χ1) is 11.8. The van der Waals surface area contributed by atoms with Crippen molar-refractivity contribution in [2.45, 2.75) is 12.2 Å². The fraction of sp³-hybridized carbons (Fsp3) is 0.278. The van der Waals surface area contributed by atoms with Crippen LogP contribution in [0, 0.1) is 0 Å². The number of hydrogen-bond donors (Lipinski definition) is 1. The number of amides is 1. The molecule has 6 heteroatoms. The summed E-state index contributed by atoms with van der Waals surface area (Å²) in [7, 11) is 0. The summed E-state index contributed by atoms with van der Waals surface area (Å²) in [5, 5.41) is 2.83. The first-order valence-electron chi connectivity index (χ1n) is 7.84. The molecule has 2 aliphatic heterocycles. The third-order valence-electron chi connectivity index (χ3n) is 3.87. The van der Waals surface area contributed by atoms with Gasteiger partial charge in [-0.1, -0.05) is 24.3 Å². The van der Waals surface area contributed by atoms with Gasteiger partial charge in [-0.3, -0.25) is 4.79 Å². The largest absolute Gasteiger partial charge is 0.486 e. The molecule has 0 saturated carbocycles. The van der Waals surface area contributed by atoms with E-state index >= 15 is 0 Å². The zero-order valence-electron chi connectivity index (χ0n) is 12.9. The van der Waals surface area contributed by atoms with Gasteiger partial charge in [0.1, 0.15) is 19.3 Å². The average Bonchev–Trinajstić information content (AvgIpc) is 2.65. The molecule has 0 bridgehead atoms. The number of rotatable bonds is 3. The summed E-state index contributed by atoms with van der Waals surface area (Å²) >= 11 is 0. The van der Waals surface area contributed by atoms with Crippen molar-refractivity contribution in [3.05, 3.63) is 48.5 Å². The Morgan fingerprint density at radius 2 is 1.46 bits per heavy atom. The molecule has 6 nitrogen and oxygen atoms in total. The summed E-state index contributed by atoms with van der Waals surface area (Å²) in [6, 6.07) is 14.8. The molecule has 2 aromatic rings. The molecular formula is C18H17NO5. The lowest BCUT2D eigenvalue weighted by Crippen LogP contribution is -2.48. The van der Waals surface area contributed by atoms with E-state index in [1.54, 1.807) is 6.07 Å². The van der Waals surface area contributed by atoms with Crippen molar-refractivity contribution in [1.82, 2.24) is 5.32 Å². The quantitative estimate of drug-likeness (QED) is 0.931. The van der Waals surface area contributed by atoms with Gasteiger partial charge < -0.3 is 24.3 Å². The number of nitrogens with one attached hydrogen (secondary N) is 1. The van der Waals surface area contributed by atoms with Gasteiger partial charge in [-0.15, -0.1) is 0 Å². The summed E-state index contributed by atoms with van der Waals surface area (Å²) in [5.41, 5.74) is 0. The second-order valence-electron chi connectivity index (χ2n) is 5.61. The van der Waals surface area contributed by atoms with Crippen LogP contribution in [-0.2, 0) is 4.79 Å². The molecule has 2 atom stereocenters. The number of hydrogen-bond acceptors (Lipinski definition) is 5. The van der Waals surface area contributed by atoms with Crippen LogP contribution in [0.3, 0.4) is 0 Å². The van der Waals surface area contributed by atoms with E-state index in [0.29, 0.717) is 30.4 Å². The summed E-state index contributed by atoms with van der Waals surface area (Å²) in [6.45, 7) is 0.921. The summed E-state index contributed by atoms with van der Waals surface area (Å²) in [5.74, 6) is 2.42. The monoisotopic (exact) mass is 327 g/mol. The second kappa shape index (κ2) is 6.31. The molecule has 4 rings (SSSR count). The molecule has 0 unspecified atom stereocenters. The molecule has 24 heavy (non-hydrogen) atoms. The van der Waals surface area contributed by atoms with E-state index in [-0.39, 0.29) is 18.6 Å². The Bertz CT molecular complexity index is 748. The molecule has 2 aliphatic rings. The van der Waals surface area contributed by atoms with Gasteiger partial charge in [-0.05, 0) is 24.3 Å². The number of carbonyl (C=O) groups is 1. The van der Waals surface area contributed by atoms with Crippen LogP contribution in [0.4, 0.5) is 0 Å². The Hall–Kier alpha value is -2.89. The van der Waals surface area contributed by atoms with Gasteiger partial charge in [0.15, 0.2) is 23.0 Å². The van der Waals surface area contributed by atoms with Crippen LogP contribution >= 0.6 is 0 Å². The maximum absolute atomic E-state index is 12.3. The molecule has 0 saturated heterocycles. The Morgan fingerprint density at radius 1 is 0.875 bits per heavy atom. The average molecular weight is 327 g/mol. The number of fused-ring (bicyclic) bond motifs is 2. The highest BCUT2D eigenvalue weighted by molar-refractivity contribution is 5.81. The highest BCUT2D eigenvalue weighted by Gasteiger charge is 2.28. The minimum Gasteiger partial charge on any atom is -0.486 e. The van der Waals surface area contributed by atoms with E-state index in [0.717, 1.165) is 5.75 Å². The Balaban J connectivity index is 1.32. The van der Waals surface area contributed by atoms with Crippen molar-refractivity contribution in [1.29, 1.82) is 0 Å². The lowest BCUT2D eigenvalue weighted by atomic mass is 10.2. The summed E-state index contributed by atoms with van der Waals surface area (Å²) in [4.78, 5) is 12.3. The molecule has 0 aromatic heterocycles. The van der Waals surface area contributed by atoms with Crippen LogP contribution in [-0.4, -0.2) is 37.9 Å². The molecule has 1 N–H and O–H groups in total. The van der Waals surface area contributed by atoms with Gasteiger partial charge in [0.2, 0.25) is 6.10 Å². The highest BCUT2D eigenvalue weighted by atomic mass is 16.6. The maximum Gasteiger partial charge on any atom is 0.264 e. The van der Waals surface area contributed by atoms with Crippen LogP contribution < -0.4 is 24.3 Å². The van der Waals surface area contributed by atoms with Gasteiger partial charge in [0.05, 0.1) is 6.54 Å². The third kappa shape index (κ3) is 2.95. The molecule has 2 aromatic carbocycles. The minimum absolute atomic E-state index is 0.188. The van der Waals surface area contributed by atoms with Crippen molar-refractivity contribution in [3.8, 4) is 23.0 Å². The van der Waals surface area contributed by atoms with E-state index in [2.05, 4.69) is 5.32 Å². The van der Waals surface area contributed by atoms with Crippen molar-refractivity contribution in [2.24, 2.45) is 0 Å². The van der Waals surface area contributed by atoms with Crippen molar-refractivity contribution in [3.63, 3.8) is 0 Å². The normalized spacial score (nSPS) is 21.0. The van der Waals surface area contributed by atoms with Gasteiger partial charge in [0, 0.05) is 0 Å². The molecule has 0 radical (unpaired) electrons. The minimum atomic E-state index is -0.670. The van der Waals surface area contributed by atoms with Crippen LogP contribution in [0.15, 0.2) is 48.5 Å². The Kier molecular flexibility index (Phi) is 3.86. The predicted molar refractivity (Wildman–Crippen MR) is 85.7 cm³/mol. The molecule has 1 amide bonds. The third-order valence-corrected chi connectivity index (χ3v) is 3.87. The van der Waals surface area contributed by atoms with E-state index in [1.807, 2.05) is 42.5 Å². The first-order valence-corrected chi connectivity index (χ1v) is 7.84. The smallest absolute Gasteiger partial charge is 0.264 e. The van der Waals surface area contributed by atoms with Gasteiger partial charge in [-0.25, -0.2) is 0 Å². The number of para-hydroxylation sites is 4. The molecular weight excluding hydrogens is 310 g/mol.